The Kier molecular flexibility index (Phi) is 5.38. The lowest BCUT2D eigenvalue weighted by Crippen LogP contribution is -2.36. The number of rotatable bonds is 4. The Morgan fingerprint density at radius 2 is 1.74 bits per heavy atom. The van der Waals surface area contributed by atoms with Crippen molar-refractivity contribution in [3.63, 3.8) is 0 Å². The van der Waals surface area contributed by atoms with Crippen molar-refractivity contribution in [1.82, 2.24) is 4.31 Å². The SMILES string of the molecule is O=C(OC1CCCCC1)c1sccc1S(=O)(=O)N1CCCCC1. The number of ether oxygens (including phenoxy) is 1. The molecular formula is C16H23NO4S2. The first-order chi connectivity index (χ1) is 11.1. The smallest absolute Gasteiger partial charge is 0.349 e. The molecule has 0 aromatic carbocycles. The molecular weight excluding hydrogens is 334 g/mol. The molecule has 3 rings (SSSR count). The van der Waals surface area contributed by atoms with Gasteiger partial charge < -0.3 is 4.74 Å². The van der Waals surface area contributed by atoms with Gasteiger partial charge in [0.05, 0.1) is 0 Å². The Morgan fingerprint density at radius 3 is 2.43 bits per heavy atom. The predicted octanol–water partition coefficient (Wildman–Crippen LogP) is 3.41. The average Bonchev–Trinajstić information content (AvgIpc) is 3.07. The normalized spacial score (nSPS) is 21.2. The van der Waals surface area contributed by atoms with Gasteiger partial charge in [0, 0.05) is 13.1 Å². The highest BCUT2D eigenvalue weighted by atomic mass is 32.2. The lowest BCUT2D eigenvalue weighted by atomic mass is 9.98. The Bertz CT molecular complexity index is 641. The molecule has 0 spiro atoms. The van der Waals surface area contributed by atoms with Crippen LogP contribution in [-0.4, -0.2) is 37.9 Å². The molecule has 0 unspecified atom stereocenters. The fraction of sp³-hybridized carbons (Fsp3) is 0.688. The fourth-order valence-electron chi connectivity index (χ4n) is 3.28. The molecule has 128 valence electrons. The van der Waals surface area contributed by atoms with E-state index in [0.717, 1.165) is 56.3 Å². The maximum Gasteiger partial charge on any atom is 0.349 e. The summed E-state index contributed by atoms with van der Waals surface area (Å²) in [6, 6.07) is 1.53. The van der Waals surface area contributed by atoms with Gasteiger partial charge in [-0.05, 0) is 50.0 Å². The van der Waals surface area contributed by atoms with Gasteiger partial charge in [-0.3, -0.25) is 0 Å². The van der Waals surface area contributed by atoms with Crippen LogP contribution in [0.15, 0.2) is 16.3 Å². The molecule has 0 amide bonds. The van der Waals surface area contributed by atoms with Crippen LogP contribution in [0, 0.1) is 0 Å². The maximum atomic E-state index is 12.8. The molecule has 2 fully saturated rings. The zero-order valence-corrected chi connectivity index (χ0v) is 14.8. The van der Waals surface area contributed by atoms with Crippen LogP contribution in [0.1, 0.15) is 61.0 Å². The minimum Gasteiger partial charge on any atom is -0.458 e. The molecule has 1 aliphatic carbocycles. The molecule has 23 heavy (non-hydrogen) atoms. The molecule has 5 nitrogen and oxygen atoms in total. The van der Waals surface area contributed by atoms with E-state index in [-0.39, 0.29) is 15.9 Å². The molecule has 1 saturated heterocycles. The molecule has 0 atom stereocenters. The van der Waals surface area contributed by atoms with E-state index in [1.54, 1.807) is 5.38 Å². The monoisotopic (exact) mass is 357 g/mol. The standard InChI is InChI=1S/C16H23NO4S2/c18-16(21-13-7-3-1-4-8-13)15-14(9-12-22-15)23(19,20)17-10-5-2-6-11-17/h9,12-13H,1-8,10-11H2. The number of piperidine rings is 1. The number of nitrogens with zero attached hydrogens (tertiary/aromatic N) is 1. The van der Waals surface area contributed by atoms with E-state index in [1.165, 1.54) is 16.8 Å². The van der Waals surface area contributed by atoms with Crippen LogP contribution in [0.25, 0.3) is 0 Å². The van der Waals surface area contributed by atoms with E-state index in [4.69, 9.17) is 4.74 Å². The van der Waals surface area contributed by atoms with Crippen LogP contribution < -0.4 is 0 Å². The van der Waals surface area contributed by atoms with Crippen LogP contribution in [-0.2, 0) is 14.8 Å². The third-order valence-corrected chi connectivity index (χ3v) is 7.54. The molecule has 2 heterocycles. The quantitative estimate of drug-likeness (QED) is 0.775. The van der Waals surface area contributed by atoms with E-state index in [1.807, 2.05) is 0 Å². The molecule has 1 aromatic rings. The van der Waals surface area contributed by atoms with Gasteiger partial charge in [-0.1, -0.05) is 12.8 Å². The first-order valence-electron chi connectivity index (χ1n) is 8.37. The maximum absolute atomic E-state index is 12.8. The molecule has 1 aliphatic heterocycles. The van der Waals surface area contributed by atoms with Crippen molar-refractivity contribution < 1.29 is 17.9 Å². The number of hydrogen-bond donors (Lipinski definition) is 0. The topological polar surface area (TPSA) is 63.7 Å². The second-order valence-electron chi connectivity index (χ2n) is 6.24. The summed E-state index contributed by atoms with van der Waals surface area (Å²) in [5.41, 5.74) is 0. The first kappa shape index (κ1) is 16.9. The molecule has 1 saturated carbocycles. The van der Waals surface area contributed by atoms with Crippen molar-refractivity contribution in [1.29, 1.82) is 0 Å². The van der Waals surface area contributed by atoms with Gasteiger partial charge in [-0.15, -0.1) is 11.3 Å². The molecule has 0 radical (unpaired) electrons. The van der Waals surface area contributed by atoms with Crippen molar-refractivity contribution in [3.05, 3.63) is 16.3 Å². The summed E-state index contributed by atoms with van der Waals surface area (Å²) in [6.07, 6.45) is 7.84. The second kappa shape index (κ2) is 7.32. The molecule has 7 heteroatoms. The number of hydrogen-bond acceptors (Lipinski definition) is 5. The highest BCUT2D eigenvalue weighted by Gasteiger charge is 2.32. The summed E-state index contributed by atoms with van der Waals surface area (Å²) < 4.78 is 32.6. The predicted molar refractivity (Wildman–Crippen MR) is 89.2 cm³/mol. The third kappa shape index (κ3) is 3.78. The van der Waals surface area contributed by atoms with Gasteiger partial charge in [0.25, 0.3) is 0 Å². The number of carbonyl (C=O) groups excluding carboxylic acids is 1. The molecule has 0 N–H and O–H groups in total. The van der Waals surface area contributed by atoms with Crippen LogP contribution in [0.3, 0.4) is 0 Å². The third-order valence-electron chi connectivity index (χ3n) is 4.57. The van der Waals surface area contributed by atoms with Crippen LogP contribution in [0.4, 0.5) is 0 Å². The highest BCUT2D eigenvalue weighted by Crippen LogP contribution is 2.29. The van der Waals surface area contributed by atoms with Crippen LogP contribution >= 0.6 is 11.3 Å². The summed E-state index contributed by atoms with van der Waals surface area (Å²) in [5.74, 6) is -0.484. The van der Waals surface area contributed by atoms with Gasteiger partial charge >= 0.3 is 5.97 Å². The average molecular weight is 357 g/mol. The largest absolute Gasteiger partial charge is 0.458 e. The molecule has 2 aliphatic rings. The van der Waals surface area contributed by atoms with Crippen molar-refractivity contribution in [2.45, 2.75) is 62.4 Å². The van der Waals surface area contributed by atoms with Gasteiger partial charge in [-0.2, -0.15) is 4.31 Å². The number of esters is 1. The van der Waals surface area contributed by atoms with Crippen molar-refractivity contribution in [2.75, 3.05) is 13.1 Å². The van der Waals surface area contributed by atoms with E-state index in [2.05, 4.69) is 0 Å². The summed E-state index contributed by atoms with van der Waals surface area (Å²) in [5, 5.41) is 1.66. The molecule has 1 aromatic heterocycles. The highest BCUT2D eigenvalue weighted by molar-refractivity contribution is 7.89. The van der Waals surface area contributed by atoms with E-state index >= 15 is 0 Å². The Balaban J connectivity index is 1.76. The summed E-state index contributed by atoms with van der Waals surface area (Å²) in [6.45, 7) is 1.07. The zero-order chi connectivity index (χ0) is 16.3. The van der Waals surface area contributed by atoms with Gasteiger partial charge in [0.1, 0.15) is 15.9 Å². The Morgan fingerprint density at radius 1 is 1.09 bits per heavy atom. The van der Waals surface area contributed by atoms with E-state index in [0.29, 0.717) is 13.1 Å². The Labute approximate surface area is 141 Å². The molecule has 0 bridgehead atoms. The summed E-state index contributed by atoms with van der Waals surface area (Å²) in [7, 11) is -3.59. The summed E-state index contributed by atoms with van der Waals surface area (Å²) >= 11 is 1.16. The van der Waals surface area contributed by atoms with Gasteiger partial charge in [0.2, 0.25) is 10.0 Å². The number of thiophene rings is 1. The van der Waals surface area contributed by atoms with Crippen molar-refractivity contribution >= 4 is 27.3 Å². The minimum absolute atomic E-state index is 0.0658. The number of sulfonamides is 1. The van der Waals surface area contributed by atoms with Crippen LogP contribution in [0.5, 0.6) is 0 Å². The summed E-state index contributed by atoms with van der Waals surface area (Å²) in [4.78, 5) is 12.8. The minimum atomic E-state index is -3.59. The lowest BCUT2D eigenvalue weighted by molar-refractivity contribution is 0.0212. The number of carbonyl (C=O) groups is 1. The van der Waals surface area contributed by atoms with E-state index in [9.17, 15) is 13.2 Å². The van der Waals surface area contributed by atoms with Crippen molar-refractivity contribution in [3.8, 4) is 0 Å². The zero-order valence-electron chi connectivity index (χ0n) is 13.2. The second-order valence-corrected chi connectivity index (χ2v) is 9.07. The Hall–Kier alpha value is -0.920. The van der Waals surface area contributed by atoms with E-state index < -0.39 is 16.0 Å². The van der Waals surface area contributed by atoms with Gasteiger partial charge in [-0.25, -0.2) is 13.2 Å². The van der Waals surface area contributed by atoms with Crippen LogP contribution in [0.2, 0.25) is 0 Å². The van der Waals surface area contributed by atoms with Gasteiger partial charge in [0.15, 0.2) is 0 Å². The van der Waals surface area contributed by atoms with Crippen molar-refractivity contribution in [2.24, 2.45) is 0 Å². The first-order valence-corrected chi connectivity index (χ1v) is 10.7. The fourth-order valence-corrected chi connectivity index (χ4v) is 6.07. The lowest BCUT2D eigenvalue weighted by Gasteiger charge is -2.26.